The van der Waals surface area contributed by atoms with Gasteiger partial charge in [0.25, 0.3) is 0 Å². The molecule has 0 spiro atoms. The summed E-state index contributed by atoms with van der Waals surface area (Å²) >= 11 is 0. The third kappa shape index (κ3) is 38.4. The number of rotatable bonds is 16. The SMILES string of the molecule is CCCCCCCCCCCCCCCCCCN.Cl.[KH].[KH].[KH]. The second-order valence-electron chi connectivity index (χ2n) is 6.09. The number of unbranched alkanes of at least 4 members (excludes halogenated alkanes) is 15. The van der Waals surface area contributed by atoms with Gasteiger partial charge in [-0.3, -0.25) is 0 Å². The second-order valence-corrected chi connectivity index (χ2v) is 6.09. The molecule has 0 saturated heterocycles. The molecule has 0 heterocycles. The van der Waals surface area contributed by atoms with Crippen molar-refractivity contribution in [3.63, 3.8) is 0 Å². The van der Waals surface area contributed by atoms with Gasteiger partial charge in [0, 0.05) is 0 Å². The van der Waals surface area contributed by atoms with Crippen LogP contribution in [0.25, 0.3) is 0 Å². The van der Waals surface area contributed by atoms with Crippen molar-refractivity contribution in [2.45, 2.75) is 110 Å². The molecule has 0 aromatic heterocycles. The van der Waals surface area contributed by atoms with Crippen molar-refractivity contribution in [2.75, 3.05) is 6.54 Å². The minimum absolute atomic E-state index is 0. The van der Waals surface area contributed by atoms with Crippen LogP contribution in [0.5, 0.6) is 0 Å². The molecule has 0 fully saturated rings. The van der Waals surface area contributed by atoms with Crippen LogP contribution in [0.3, 0.4) is 0 Å². The van der Waals surface area contributed by atoms with Gasteiger partial charge in [-0.05, 0) is 13.0 Å². The number of halogens is 1. The van der Waals surface area contributed by atoms with Gasteiger partial charge in [0.1, 0.15) is 0 Å². The fourth-order valence-corrected chi connectivity index (χ4v) is 2.69. The Kier molecular flexibility index (Phi) is 63.7. The van der Waals surface area contributed by atoms with E-state index in [0.29, 0.717) is 0 Å². The Bertz CT molecular complexity index is 147. The molecule has 0 rings (SSSR count). The van der Waals surface area contributed by atoms with Crippen LogP contribution in [-0.2, 0) is 0 Å². The maximum atomic E-state index is 5.48. The first kappa shape index (κ1) is 38.7. The van der Waals surface area contributed by atoms with Crippen LogP contribution in [0.4, 0.5) is 0 Å². The number of nitrogens with two attached hydrogens (primary N) is 1. The molecule has 0 aliphatic rings. The van der Waals surface area contributed by atoms with E-state index in [1.165, 1.54) is 103 Å². The van der Waals surface area contributed by atoms with E-state index in [1.54, 1.807) is 0 Å². The van der Waals surface area contributed by atoms with Gasteiger partial charge in [0.15, 0.2) is 0 Å². The van der Waals surface area contributed by atoms with Crippen LogP contribution in [-0.4, -0.2) is 161 Å². The minimum atomic E-state index is 0. The molecule has 0 aromatic carbocycles. The topological polar surface area (TPSA) is 26.0 Å². The first-order valence-corrected chi connectivity index (χ1v) is 9.12. The molecule has 0 radical (unpaired) electrons. The standard InChI is InChI=1S/C18H39N.ClH.3K.3H/c1-2-3-4-5-6-7-8-9-10-11-12-13-14-15-16-17-18-19;;;;;;;/h2-19H2,1H3;1H;;;;;;. The summed E-state index contributed by atoms with van der Waals surface area (Å²) in [5, 5.41) is 0. The van der Waals surface area contributed by atoms with Crippen molar-refractivity contribution in [3.05, 3.63) is 0 Å². The van der Waals surface area contributed by atoms with Crippen molar-refractivity contribution in [1.29, 1.82) is 0 Å². The van der Waals surface area contributed by atoms with Gasteiger partial charge in [0.2, 0.25) is 0 Å². The van der Waals surface area contributed by atoms with Gasteiger partial charge in [-0.1, -0.05) is 103 Å². The third-order valence-electron chi connectivity index (χ3n) is 4.06. The maximum absolute atomic E-state index is 5.48. The Morgan fingerprint density at radius 3 is 0.870 bits per heavy atom. The number of hydrogen-bond donors (Lipinski definition) is 1. The third-order valence-corrected chi connectivity index (χ3v) is 4.06. The fraction of sp³-hybridized carbons (Fsp3) is 1.00. The van der Waals surface area contributed by atoms with Crippen molar-refractivity contribution in [1.82, 2.24) is 0 Å². The number of hydrogen-bond acceptors (Lipinski definition) is 1. The Labute approximate surface area is 281 Å². The summed E-state index contributed by atoms with van der Waals surface area (Å²) in [5.74, 6) is 0. The summed E-state index contributed by atoms with van der Waals surface area (Å²) in [6.45, 7) is 3.16. The van der Waals surface area contributed by atoms with Crippen LogP contribution < -0.4 is 5.73 Å². The summed E-state index contributed by atoms with van der Waals surface area (Å²) in [5.41, 5.74) is 5.48. The molecule has 0 atom stereocenters. The zero-order valence-electron chi connectivity index (χ0n) is 14.0. The molecule has 130 valence electrons. The van der Waals surface area contributed by atoms with Crippen LogP contribution >= 0.6 is 12.4 Å². The molecule has 0 saturated carbocycles. The molecule has 0 aliphatic heterocycles. The predicted molar refractivity (Wildman–Crippen MR) is 117 cm³/mol. The van der Waals surface area contributed by atoms with Crippen molar-refractivity contribution >= 4 is 167 Å². The van der Waals surface area contributed by atoms with E-state index in [1.807, 2.05) is 0 Å². The zero-order valence-corrected chi connectivity index (χ0v) is 14.8. The van der Waals surface area contributed by atoms with E-state index in [4.69, 9.17) is 5.73 Å². The first-order chi connectivity index (χ1) is 9.41. The quantitative estimate of drug-likeness (QED) is 0.282. The molecule has 0 aromatic rings. The average Bonchev–Trinajstić information content (AvgIpc) is 2.43. The van der Waals surface area contributed by atoms with Crippen molar-refractivity contribution in [3.8, 4) is 0 Å². The van der Waals surface area contributed by atoms with E-state index < -0.39 is 0 Å². The normalized spacial score (nSPS) is 9.13. The van der Waals surface area contributed by atoms with Gasteiger partial charge in [-0.2, -0.15) is 0 Å². The van der Waals surface area contributed by atoms with E-state index in [0.717, 1.165) is 6.54 Å². The van der Waals surface area contributed by atoms with Crippen LogP contribution in [0.15, 0.2) is 0 Å². The summed E-state index contributed by atoms with van der Waals surface area (Å²) in [7, 11) is 0. The van der Waals surface area contributed by atoms with Gasteiger partial charge < -0.3 is 5.73 Å². The van der Waals surface area contributed by atoms with Gasteiger partial charge in [0.05, 0.1) is 0 Å². The Morgan fingerprint density at radius 1 is 0.435 bits per heavy atom. The summed E-state index contributed by atoms with van der Waals surface area (Å²) in [4.78, 5) is 0. The molecule has 0 aliphatic carbocycles. The summed E-state index contributed by atoms with van der Waals surface area (Å²) in [6.07, 6.45) is 22.9. The first-order valence-electron chi connectivity index (χ1n) is 9.12. The van der Waals surface area contributed by atoms with E-state index in [-0.39, 0.29) is 167 Å². The van der Waals surface area contributed by atoms with E-state index in [9.17, 15) is 0 Å². The molecule has 0 unspecified atom stereocenters. The van der Waals surface area contributed by atoms with Crippen LogP contribution in [0.2, 0.25) is 0 Å². The average molecular weight is 426 g/mol. The molecule has 0 amide bonds. The van der Waals surface area contributed by atoms with Gasteiger partial charge in [-0.15, -0.1) is 12.4 Å². The fourth-order valence-electron chi connectivity index (χ4n) is 2.69. The van der Waals surface area contributed by atoms with E-state index in [2.05, 4.69) is 6.92 Å². The summed E-state index contributed by atoms with van der Waals surface area (Å²) in [6, 6.07) is 0. The second kappa shape index (κ2) is 37.8. The van der Waals surface area contributed by atoms with Gasteiger partial charge >= 0.3 is 154 Å². The van der Waals surface area contributed by atoms with E-state index >= 15 is 0 Å². The molecule has 5 heteroatoms. The predicted octanol–water partition coefficient (Wildman–Crippen LogP) is 4.68. The summed E-state index contributed by atoms with van der Waals surface area (Å²) < 4.78 is 0. The molecular formula is C18H43ClK3N. The molecule has 1 nitrogen and oxygen atoms in total. The Hall–Kier alpha value is 5.16. The molecule has 2 N–H and O–H groups in total. The zero-order chi connectivity index (χ0) is 14.0. The Balaban J connectivity index is -0.000000270. The molecule has 23 heavy (non-hydrogen) atoms. The van der Waals surface area contributed by atoms with Crippen LogP contribution in [0, 0.1) is 0 Å². The monoisotopic (exact) mass is 425 g/mol. The van der Waals surface area contributed by atoms with Crippen molar-refractivity contribution < 1.29 is 0 Å². The van der Waals surface area contributed by atoms with Crippen LogP contribution in [0.1, 0.15) is 110 Å². The Morgan fingerprint density at radius 2 is 0.652 bits per heavy atom. The van der Waals surface area contributed by atoms with Gasteiger partial charge in [-0.25, -0.2) is 0 Å². The molecule has 0 bridgehead atoms. The van der Waals surface area contributed by atoms with Crippen molar-refractivity contribution in [2.24, 2.45) is 5.73 Å². The molecular weight excluding hydrogens is 383 g/mol.